The number of fused-ring (bicyclic) bond motifs is 1. The fourth-order valence-corrected chi connectivity index (χ4v) is 1.89. The van der Waals surface area contributed by atoms with Gasteiger partial charge < -0.3 is 26.5 Å². The van der Waals surface area contributed by atoms with Gasteiger partial charge in [-0.25, -0.2) is 4.98 Å². The number of guanidine groups is 1. The van der Waals surface area contributed by atoms with Crippen LogP contribution in [0.5, 0.6) is 6.01 Å². The van der Waals surface area contributed by atoms with Crippen LogP contribution in [0.2, 0.25) is 0 Å². The van der Waals surface area contributed by atoms with E-state index in [9.17, 15) is 0 Å². The maximum absolute atomic E-state index is 5.99. The average Bonchev–Trinajstić information content (AvgIpc) is 2.88. The molecule has 2 heterocycles. The summed E-state index contributed by atoms with van der Waals surface area (Å²) < 4.78 is 7.53. The Hall–Kier alpha value is -2.42. The van der Waals surface area contributed by atoms with Crippen molar-refractivity contribution in [3.63, 3.8) is 0 Å². The molecular weight excluding hydrogens is 296 g/mol. The minimum atomic E-state index is -0.115. The quantitative estimate of drug-likeness (QED) is 0.524. The molecular formula is C14H24N8O. The maximum atomic E-state index is 5.99. The number of aromatic nitrogens is 4. The molecule has 9 nitrogen and oxygen atoms in total. The molecule has 0 saturated carbocycles. The minimum Gasteiger partial charge on any atom is -0.462 e. The van der Waals surface area contributed by atoms with Crippen LogP contribution in [0.25, 0.3) is 11.2 Å². The van der Waals surface area contributed by atoms with Gasteiger partial charge in [-0.05, 0) is 19.8 Å². The Morgan fingerprint density at radius 2 is 1.96 bits per heavy atom. The molecule has 0 spiro atoms. The topological polar surface area (TPSA) is 143 Å². The van der Waals surface area contributed by atoms with Crippen LogP contribution in [-0.2, 0) is 0 Å². The zero-order valence-corrected chi connectivity index (χ0v) is 13.9. The zero-order valence-electron chi connectivity index (χ0n) is 13.9. The highest BCUT2D eigenvalue weighted by Crippen LogP contribution is 2.26. The van der Waals surface area contributed by atoms with Crippen LogP contribution in [0.3, 0.4) is 0 Å². The van der Waals surface area contributed by atoms with E-state index < -0.39 is 0 Å². The molecule has 0 aliphatic heterocycles. The molecule has 0 saturated heterocycles. The molecule has 2 aromatic heterocycles. The van der Waals surface area contributed by atoms with Crippen molar-refractivity contribution >= 4 is 22.9 Å². The van der Waals surface area contributed by atoms with Crippen LogP contribution in [0.4, 0.5) is 5.82 Å². The van der Waals surface area contributed by atoms with Crippen molar-refractivity contribution < 1.29 is 4.74 Å². The van der Waals surface area contributed by atoms with Crippen molar-refractivity contribution in [2.45, 2.75) is 39.8 Å². The van der Waals surface area contributed by atoms with Crippen molar-refractivity contribution in [1.82, 2.24) is 19.5 Å². The van der Waals surface area contributed by atoms with Crippen molar-refractivity contribution in [1.29, 1.82) is 0 Å². The van der Waals surface area contributed by atoms with Gasteiger partial charge in [0.2, 0.25) is 0 Å². The van der Waals surface area contributed by atoms with E-state index in [2.05, 4.69) is 19.9 Å². The van der Waals surface area contributed by atoms with E-state index in [1.807, 2.05) is 32.3 Å². The van der Waals surface area contributed by atoms with E-state index >= 15 is 0 Å². The molecule has 23 heavy (non-hydrogen) atoms. The highest BCUT2D eigenvalue weighted by Gasteiger charge is 2.16. The lowest BCUT2D eigenvalue weighted by atomic mass is 10.1. The van der Waals surface area contributed by atoms with Crippen molar-refractivity contribution in [2.75, 3.05) is 6.61 Å². The molecule has 2 aromatic rings. The molecule has 1 atom stereocenters. The highest BCUT2D eigenvalue weighted by molar-refractivity contribution is 5.87. The molecule has 0 aromatic carbocycles. The fraction of sp³-hybridized carbons (Fsp3) is 0.571. The summed E-state index contributed by atoms with van der Waals surface area (Å²) in [5, 5.41) is 0. The number of ether oxygens (including phenoxy) is 1. The Labute approximate surface area is 135 Å². The van der Waals surface area contributed by atoms with Crippen molar-refractivity contribution in [3.05, 3.63) is 6.33 Å². The van der Waals surface area contributed by atoms with Gasteiger partial charge in [-0.1, -0.05) is 13.8 Å². The number of hydrogen-bond donors (Lipinski definition) is 3. The van der Waals surface area contributed by atoms with E-state index in [0.717, 1.165) is 0 Å². The number of nitrogens with zero attached hydrogens (tertiary/aromatic N) is 5. The summed E-state index contributed by atoms with van der Waals surface area (Å²) in [7, 11) is 0. The van der Waals surface area contributed by atoms with Gasteiger partial charge in [-0.2, -0.15) is 15.0 Å². The maximum Gasteiger partial charge on any atom is 0.320 e. The molecule has 9 heteroatoms. The van der Waals surface area contributed by atoms with Crippen LogP contribution in [0.15, 0.2) is 11.3 Å². The Morgan fingerprint density at radius 3 is 2.52 bits per heavy atom. The minimum absolute atomic E-state index is 0.103. The van der Waals surface area contributed by atoms with Gasteiger partial charge in [-0.15, -0.1) is 0 Å². The van der Waals surface area contributed by atoms with Gasteiger partial charge >= 0.3 is 6.01 Å². The third-order valence-corrected chi connectivity index (χ3v) is 3.44. The summed E-state index contributed by atoms with van der Waals surface area (Å²) in [6.45, 7) is 8.41. The first-order chi connectivity index (χ1) is 10.8. The second kappa shape index (κ2) is 6.78. The summed E-state index contributed by atoms with van der Waals surface area (Å²) in [5.74, 6) is 0.466. The molecule has 0 fully saturated rings. The number of nitrogens with two attached hydrogens (primary N) is 3. The van der Waals surface area contributed by atoms with Crippen molar-refractivity contribution in [3.8, 4) is 6.01 Å². The van der Waals surface area contributed by atoms with Crippen molar-refractivity contribution in [2.24, 2.45) is 28.1 Å². The zero-order chi connectivity index (χ0) is 17.1. The standard InChI is InChI=1S/C14H24N8O/c1-7(2)9(15)5-23-14-20-11(19-13(16)17)10-12(21-14)22(6-18-10)8(3)4/h6-9H,5,15H2,1-4H3,(H4,16,17,19,20,21)/t9-/m0/s1. The summed E-state index contributed by atoms with van der Waals surface area (Å²) >= 11 is 0. The fourth-order valence-electron chi connectivity index (χ4n) is 1.89. The smallest absolute Gasteiger partial charge is 0.320 e. The highest BCUT2D eigenvalue weighted by atomic mass is 16.5. The second-order valence-electron chi connectivity index (χ2n) is 6.00. The predicted octanol–water partition coefficient (Wildman–Crippen LogP) is 0.674. The average molecular weight is 320 g/mol. The summed E-state index contributed by atoms with van der Waals surface area (Å²) in [5.41, 5.74) is 18.1. The number of hydrogen-bond acceptors (Lipinski definition) is 6. The Kier molecular flexibility index (Phi) is 4.99. The summed E-state index contributed by atoms with van der Waals surface area (Å²) in [6, 6.07) is 0.236. The van der Waals surface area contributed by atoms with Crippen LogP contribution in [0, 0.1) is 5.92 Å². The van der Waals surface area contributed by atoms with Gasteiger partial charge in [0.05, 0.1) is 6.33 Å². The molecule has 0 bridgehead atoms. The third kappa shape index (κ3) is 3.86. The Balaban J connectivity index is 2.45. The predicted molar refractivity (Wildman–Crippen MR) is 89.5 cm³/mol. The summed E-state index contributed by atoms with van der Waals surface area (Å²) in [6.07, 6.45) is 1.68. The largest absolute Gasteiger partial charge is 0.462 e. The first-order valence-corrected chi connectivity index (χ1v) is 7.52. The van der Waals surface area contributed by atoms with E-state index in [0.29, 0.717) is 17.8 Å². The van der Waals surface area contributed by atoms with E-state index in [1.165, 1.54) is 0 Å². The normalized spacial score (nSPS) is 12.8. The van der Waals surface area contributed by atoms with E-state index in [1.54, 1.807) is 6.33 Å². The Bertz CT molecular complexity index is 702. The summed E-state index contributed by atoms with van der Waals surface area (Å²) in [4.78, 5) is 17.0. The molecule has 2 rings (SSSR count). The van der Waals surface area contributed by atoms with Gasteiger partial charge in [0.1, 0.15) is 6.61 Å². The van der Waals surface area contributed by atoms with Gasteiger partial charge in [0, 0.05) is 12.1 Å². The molecule has 126 valence electrons. The second-order valence-corrected chi connectivity index (χ2v) is 6.00. The van der Waals surface area contributed by atoms with Crippen LogP contribution in [-0.4, -0.2) is 38.1 Å². The number of rotatable bonds is 6. The van der Waals surface area contributed by atoms with Crippen LogP contribution < -0.4 is 21.9 Å². The molecule has 0 aliphatic rings. The lowest BCUT2D eigenvalue weighted by Crippen LogP contribution is -2.33. The van der Waals surface area contributed by atoms with Gasteiger partial charge in [0.25, 0.3) is 0 Å². The SMILES string of the molecule is CC(C)[C@@H](N)COc1nc(N=C(N)N)c2ncn(C(C)C)c2n1. The van der Waals surface area contributed by atoms with E-state index in [4.69, 9.17) is 21.9 Å². The molecule has 0 radical (unpaired) electrons. The lowest BCUT2D eigenvalue weighted by Gasteiger charge is -2.15. The first-order valence-electron chi connectivity index (χ1n) is 7.52. The lowest BCUT2D eigenvalue weighted by molar-refractivity contribution is 0.243. The molecule has 0 amide bonds. The van der Waals surface area contributed by atoms with E-state index in [-0.39, 0.29) is 35.8 Å². The number of aliphatic imine (C=N–C) groups is 1. The third-order valence-electron chi connectivity index (χ3n) is 3.44. The molecule has 0 aliphatic carbocycles. The van der Waals surface area contributed by atoms with Crippen LogP contribution >= 0.6 is 0 Å². The van der Waals surface area contributed by atoms with Gasteiger partial charge in [0.15, 0.2) is 22.9 Å². The van der Waals surface area contributed by atoms with Crippen LogP contribution in [0.1, 0.15) is 33.7 Å². The number of imidazole rings is 1. The monoisotopic (exact) mass is 320 g/mol. The molecule has 0 unspecified atom stereocenters. The first kappa shape index (κ1) is 16.9. The Morgan fingerprint density at radius 1 is 1.26 bits per heavy atom. The van der Waals surface area contributed by atoms with Gasteiger partial charge in [-0.3, -0.25) is 0 Å². The molecule has 6 N–H and O–H groups in total.